The molecule has 3 aromatic rings. The SMILES string of the molecule is O=C(NCCc1nc2ccccc2[nH]1)[C@@H]1COc2ccccc2C1. The number of benzene rings is 2. The van der Waals surface area contributed by atoms with E-state index >= 15 is 0 Å². The zero-order chi connectivity index (χ0) is 16.4. The molecule has 122 valence electrons. The van der Waals surface area contributed by atoms with Gasteiger partial charge in [0, 0.05) is 13.0 Å². The van der Waals surface area contributed by atoms with Crippen molar-refractivity contribution in [2.45, 2.75) is 12.8 Å². The third-order valence-corrected chi connectivity index (χ3v) is 4.35. The number of imidazole rings is 1. The number of carbonyl (C=O) groups excluding carboxylic acids is 1. The number of aromatic nitrogens is 2. The Morgan fingerprint density at radius 1 is 1.21 bits per heavy atom. The van der Waals surface area contributed by atoms with Crippen molar-refractivity contribution >= 4 is 16.9 Å². The van der Waals surface area contributed by atoms with Crippen LogP contribution in [0.3, 0.4) is 0 Å². The number of nitrogens with one attached hydrogen (secondary N) is 2. The Labute approximate surface area is 140 Å². The molecule has 1 aliphatic rings. The van der Waals surface area contributed by atoms with E-state index in [4.69, 9.17) is 4.74 Å². The number of amides is 1. The van der Waals surface area contributed by atoms with Gasteiger partial charge in [-0.2, -0.15) is 0 Å². The van der Waals surface area contributed by atoms with E-state index in [1.807, 2.05) is 48.5 Å². The summed E-state index contributed by atoms with van der Waals surface area (Å²) < 4.78 is 5.68. The number of ether oxygens (including phenoxy) is 1. The third kappa shape index (κ3) is 2.97. The summed E-state index contributed by atoms with van der Waals surface area (Å²) in [6.07, 6.45) is 1.41. The van der Waals surface area contributed by atoms with Gasteiger partial charge in [-0.25, -0.2) is 4.98 Å². The van der Waals surface area contributed by atoms with Gasteiger partial charge in [-0.15, -0.1) is 0 Å². The molecule has 5 heteroatoms. The fraction of sp³-hybridized carbons (Fsp3) is 0.263. The predicted octanol–water partition coefficient (Wildman–Crippen LogP) is 2.47. The molecule has 2 N–H and O–H groups in total. The predicted molar refractivity (Wildman–Crippen MR) is 91.9 cm³/mol. The Balaban J connectivity index is 1.32. The summed E-state index contributed by atoms with van der Waals surface area (Å²) >= 11 is 0. The molecule has 0 unspecified atom stereocenters. The highest BCUT2D eigenvalue weighted by molar-refractivity contribution is 5.79. The molecule has 0 spiro atoms. The Morgan fingerprint density at radius 3 is 2.96 bits per heavy atom. The van der Waals surface area contributed by atoms with Gasteiger partial charge in [0.05, 0.1) is 17.0 Å². The zero-order valence-electron chi connectivity index (χ0n) is 13.3. The molecule has 4 rings (SSSR count). The number of fused-ring (bicyclic) bond motifs is 2. The second-order valence-corrected chi connectivity index (χ2v) is 6.06. The molecular weight excluding hydrogens is 302 g/mol. The molecule has 1 atom stereocenters. The fourth-order valence-electron chi connectivity index (χ4n) is 3.07. The molecule has 0 saturated carbocycles. The lowest BCUT2D eigenvalue weighted by Gasteiger charge is -2.24. The van der Waals surface area contributed by atoms with Crippen LogP contribution in [-0.2, 0) is 17.6 Å². The van der Waals surface area contributed by atoms with Crippen LogP contribution < -0.4 is 10.1 Å². The molecule has 0 radical (unpaired) electrons. The van der Waals surface area contributed by atoms with Gasteiger partial charge in [0.1, 0.15) is 18.2 Å². The largest absolute Gasteiger partial charge is 0.492 e. The van der Waals surface area contributed by atoms with E-state index in [1.165, 1.54) is 0 Å². The maximum Gasteiger partial charge on any atom is 0.226 e. The molecule has 2 heterocycles. The lowest BCUT2D eigenvalue weighted by atomic mass is 9.96. The number of nitrogens with zero attached hydrogens (tertiary/aromatic N) is 1. The number of carbonyl (C=O) groups is 1. The molecule has 2 aromatic carbocycles. The van der Waals surface area contributed by atoms with E-state index in [2.05, 4.69) is 15.3 Å². The Hall–Kier alpha value is -2.82. The van der Waals surface area contributed by atoms with Crippen LogP contribution in [0, 0.1) is 5.92 Å². The van der Waals surface area contributed by atoms with Crippen molar-refractivity contribution in [2.24, 2.45) is 5.92 Å². The zero-order valence-corrected chi connectivity index (χ0v) is 13.3. The molecule has 0 fully saturated rings. The maximum absolute atomic E-state index is 12.3. The van der Waals surface area contributed by atoms with Crippen LogP contribution in [0.2, 0.25) is 0 Å². The van der Waals surface area contributed by atoms with E-state index < -0.39 is 0 Å². The van der Waals surface area contributed by atoms with Crippen molar-refractivity contribution in [2.75, 3.05) is 13.2 Å². The molecule has 1 aliphatic heterocycles. The Kier molecular flexibility index (Phi) is 3.91. The molecule has 1 aromatic heterocycles. The van der Waals surface area contributed by atoms with Gasteiger partial charge < -0.3 is 15.0 Å². The molecular formula is C19H19N3O2. The number of hydrogen-bond donors (Lipinski definition) is 2. The summed E-state index contributed by atoms with van der Waals surface area (Å²) in [6.45, 7) is 1.00. The maximum atomic E-state index is 12.3. The van der Waals surface area contributed by atoms with Gasteiger partial charge in [0.25, 0.3) is 0 Å². The van der Waals surface area contributed by atoms with E-state index in [1.54, 1.807) is 0 Å². The fourth-order valence-corrected chi connectivity index (χ4v) is 3.07. The van der Waals surface area contributed by atoms with Crippen LogP contribution >= 0.6 is 0 Å². The van der Waals surface area contributed by atoms with Crippen molar-refractivity contribution < 1.29 is 9.53 Å². The van der Waals surface area contributed by atoms with Crippen molar-refractivity contribution in [3.05, 3.63) is 59.9 Å². The third-order valence-electron chi connectivity index (χ3n) is 4.35. The minimum absolute atomic E-state index is 0.0422. The summed E-state index contributed by atoms with van der Waals surface area (Å²) in [6, 6.07) is 15.8. The summed E-state index contributed by atoms with van der Waals surface area (Å²) in [5.74, 6) is 1.70. The van der Waals surface area contributed by atoms with Gasteiger partial charge in [-0.1, -0.05) is 30.3 Å². The molecule has 5 nitrogen and oxygen atoms in total. The van der Waals surface area contributed by atoms with E-state index in [9.17, 15) is 4.79 Å². The lowest BCUT2D eigenvalue weighted by molar-refractivity contribution is -0.126. The first kappa shape index (κ1) is 14.8. The van der Waals surface area contributed by atoms with Crippen LogP contribution in [0.25, 0.3) is 11.0 Å². The first-order valence-corrected chi connectivity index (χ1v) is 8.21. The molecule has 0 aliphatic carbocycles. The number of aromatic amines is 1. The monoisotopic (exact) mass is 321 g/mol. The summed E-state index contributed by atoms with van der Waals surface area (Å²) in [5.41, 5.74) is 3.08. The van der Waals surface area contributed by atoms with Crippen LogP contribution in [0.5, 0.6) is 5.75 Å². The van der Waals surface area contributed by atoms with Crippen LogP contribution in [0.4, 0.5) is 0 Å². The van der Waals surface area contributed by atoms with E-state index in [-0.39, 0.29) is 11.8 Å². The second-order valence-electron chi connectivity index (χ2n) is 6.06. The van der Waals surface area contributed by atoms with Gasteiger partial charge >= 0.3 is 0 Å². The Bertz CT molecular complexity index is 839. The lowest BCUT2D eigenvalue weighted by Crippen LogP contribution is -2.38. The number of para-hydroxylation sites is 3. The average Bonchev–Trinajstić information content (AvgIpc) is 3.04. The highest BCUT2D eigenvalue weighted by Crippen LogP contribution is 2.26. The van der Waals surface area contributed by atoms with E-state index in [0.29, 0.717) is 19.6 Å². The van der Waals surface area contributed by atoms with Crippen molar-refractivity contribution in [1.82, 2.24) is 15.3 Å². The number of rotatable bonds is 4. The molecule has 0 bridgehead atoms. The number of H-pyrrole nitrogens is 1. The standard InChI is InChI=1S/C19H19N3O2/c23-19(14-11-13-5-1-4-8-17(13)24-12-14)20-10-9-18-21-15-6-2-3-7-16(15)22-18/h1-8,14H,9-12H2,(H,20,23)(H,21,22)/t14-/m0/s1. The Morgan fingerprint density at radius 2 is 2.04 bits per heavy atom. The first-order valence-electron chi connectivity index (χ1n) is 8.21. The quantitative estimate of drug-likeness (QED) is 0.776. The van der Waals surface area contributed by atoms with Crippen LogP contribution in [-0.4, -0.2) is 29.0 Å². The number of hydrogen-bond acceptors (Lipinski definition) is 3. The smallest absolute Gasteiger partial charge is 0.226 e. The van der Waals surface area contributed by atoms with Gasteiger partial charge in [0.2, 0.25) is 5.91 Å². The molecule has 0 saturated heterocycles. The summed E-state index contributed by atoms with van der Waals surface area (Å²) in [4.78, 5) is 20.1. The minimum Gasteiger partial charge on any atom is -0.492 e. The van der Waals surface area contributed by atoms with Crippen LogP contribution in [0.15, 0.2) is 48.5 Å². The van der Waals surface area contributed by atoms with Crippen molar-refractivity contribution in [3.8, 4) is 5.75 Å². The highest BCUT2D eigenvalue weighted by atomic mass is 16.5. The van der Waals surface area contributed by atoms with Gasteiger partial charge in [-0.3, -0.25) is 4.79 Å². The van der Waals surface area contributed by atoms with Crippen molar-refractivity contribution in [3.63, 3.8) is 0 Å². The second kappa shape index (κ2) is 6.35. The molecule has 24 heavy (non-hydrogen) atoms. The van der Waals surface area contributed by atoms with Crippen LogP contribution in [0.1, 0.15) is 11.4 Å². The minimum atomic E-state index is -0.129. The van der Waals surface area contributed by atoms with Gasteiger partial charge in [-0.05, 0) is 30.2 Å². The summed E-state index contributed by atoms with van der Waals surface area (Å²) in [7, 11) is 0. The average molecular weight is 321 g/mol. The topological polar surface area (TPSA) is 67.0 Å². The normalized spacial score (nSPS) is 16.4. The van der Waals surface area contributed by atoms with Crippen molar-refractivity contribution in [1.29, 1.82) is 0 Å². The molecule has 1 amide bonds. The van der Waals surface area contributed by atoms with E-state index in [0.717, 1.165) is 34.6 Å². The first-order chi connectivity index (χ1) is 11.8. The van der Waals surface area contributed by atoms with Gasteiger partial charge in [0.15, 0.2) is 0 Å². The highest BCUT2D eigenvalue weighted by Gasteiger charge is 2.25. The summed E-state index contributed by atoms with van der Waals surface area (Å²) in [5, 5.41) is 3.00.